The van der Waals surface area contributed by atoms with Gasteiger partial charge in [-0.2, -0.15) is 0 Å². The summed E-state index contributed by atoms with van der Waals surface area (Å²) in [7, 11) is 0. The van der Waals surface area contributed by atoms with Gasteiger partial charge in [-0.25, -0.2) is 0 Å². The van der Waals surface area contributed by atoms with E-state index in [0.717, 1.165) is 12.0 Å². The summed E-state index contributed by atoms with van der Waals surface area (Å²) in [4.78, 5) is 12.6. The van der Waals surface area contributed by atoms with Crippen LogP contribution in [-0.4, -0.2) is 17.2 Å². The lowest BCUT2D eigenvalue weighted by Crippen LogP contribution is -2.31. The third-order valence-electron chi connectivity index (χ3n) is 1.96. The first-order valence-corrected chi connectivity index (χ1v) is 3.89. The fraction of sp³-hybridized carbons (Fsp3) is 0.100. The summed E-state index contributed by atoms with van der Waals surface area (Å²) in [5.74, 6) is 0. The van der Waals surface area contributed by atoms with E-state index in [1.54, 1.807) is 0 Å². The second-order valence-corrected chi connectivity index (χ2v) is 2.71. The van der Waals surface area contributed by atoms with Crippen LogP contribution < -0.4 is 0 Å². The van der Waals surface area contributed by atoms with Crippen LogP contribution in [0.3, 0.4) is 0 Å². The Labute approximate surface area is 72.7 Å². The first-order chi connectivity index (χ1) is 5.92. The Balaban J connectivity index is 0.000000845. The third-order valence-corrected chi connectivity index (χ3v) is 1.96. The van der Waals surface area contributed by atoms with Crippen molar-refractivity contribution in [1.82, 2.24) is 4.90 Å². The van der Waals surface area contributed by atoms with E-state index >= 15 is 0 Å². The maximum Gasteiger partial charge on any atom is 1.00 e. The van der Waals surface area contributed by atoms with Crippen LogP contribution in [0.2, 0.25) is 0 Å². The number of carbonyl (C=O) groups is 1. The number of allylic oxidation sites excluding steroid dienone is 5. The summed E-state index contributed by atoms with van der Waals surface area (Å²) >= 11 is 0. The maximum atomic E-state index is 10.6. The van der Waals surface area contributed by atoms with Gasteiger partial charge in [0.15, 0.2) is 0 Å². The SMILES string of the molecule is O=CC1C=CC=C2C=CC=CN21.[H+]. The average Bonchev–Trinajstić information content (AvgIpc) is 2.17. The second kappa shape index (κ2) is 2.81. The molecule has 0 spiro atoms. The number of aldehydes is 1. The Morgan fingerprint density at radius 3 is 3.17 bits per heavy atom. The van der Waals surface area contributed by atoms with Crippen molar-refractivity contribution < 1.29 is 6.22 Å². The van der Waals surface area contributed by atoms with Crippen LogP contribution in [0.4, 0.5) is 0 Å². The normalized spacial score (nSPS) is 25.2. The minimum Gasteiger partial charge on any atom is -0.334 e. The average molecular weight is 160 g/mol. The highest BCUT2D eigenvalue weighted by Gasteiger charge is 2.17. The van der Waals surface area contributed by atoms with Crippen LogP contribution in [-0.2, 0) is 4.79 Å². The molecule has 2 heterocycles. The molecule has 60 valence electrons. The Bertz CT molecular complexity index is 315. The fourth-order valence-corrected chi connectivity index (χ4v) is 1.35. The molecule has 0 aromatic rings. The smallest absolute Gasteiger partial charge is 0.334 e. The highest BCUT2D eigenvalue weighted by Crippen LogP contribution is 2.19. The number of fused-ring (bicyclic) bond motifs is 1. The lowest BCUT2D eigenvalue weighted by atomic mass is 10.1. The van der Waals surface area contributed by atoms with Crippen molar-refractivity contribution in [3.8, 4) is 0 Å². The summed E-state index contributed by atoms with van der Waals surface area (Å²) in [5.41, 5.74) is 1.07. The van der Waals surface area contributed by atoms with E-state index < -0.39 is 0 Å². The van der Waals surface area contributed by atoms with E-state index in [-0.39, 0.29) is 7.47 Å². The van der Waals surface area contributed by atoms with Crippen molar-refractivity contribution in [2.75, 3.05) is 0 Å². The molecule has 12 heavy (non-hydrogen) atoms. The van der Waals surface area contributed by atoms with Crippen molar-refractivity contribution in [3.63, 3.8) is 0 Å². The third kappa shape index (κ3) is 1.01. The van der Waals surface area contributed by atoms with Crippen molar-refractivity contribution in [2.24, 2.45) is 0 Å². The molecule has 0 amide bonds. The van der Waals surface area contributed by atoms with Gasteiger partial charge in [0.25, 0.3) is 0 Å². The Hall–Kier alpha value is -1.57. The maximum absolute atomic E-state index is 10.6. The van der Waals surface area contributed by atoms with E-state index in [1.165, 1.54) is 0 Å². The lowest BCUT2D eigenvalue weighted by molar-refractivity contribution is -0.110. The number of hydrogen-bond acceptors (Lipinski definition) is 2. The van der Waals surface area contributed by atoms with Crippen molar-refractivity contribution in [1.29, 1.82) is 0 Å². The zero-order valence-electron chi connectivity index (χ0n) is 7.55. The van der Waals surface area contributed by atoms with Gasteiger partial charge in [-0.15, -0.1) is 0 Å². The number of carbonyl (C=O) groups excluding carboxylic acids is 1. The fourth-order valence-electron chi connectivity index (χ4n) is 1.35. The monoisotopic (exact) mass is 160 g/mol. The van der Waals surface area contributed by atoms with Crippen LogP contribution in [0.1, 0.15) is 1.43 Å². The molecule has 0 saturated carbocycles. The van der Waals surface area contributed by atoms with E-state index in [0.29, 0.717) is 0 Å². The highest BCUT2D eigenvalue weighted by atomic mass is 16.1. The molecule has 0 fully saturated rings. The van der Waals surface area contributed by atoms with Crippen molar-refractivity contribution in [2.45, 2.75) is 6.04 Å². The molecular weight excluding hydrogens is 150 g/mol. The van der Waals surface area contributed by atoms with Gasteiger partial charge in [-0.05, 0) is 18.2 Å². The van der Waals surface area contributed by atoms with Gasteiger partial charge in [-0.3, -0.25) is 0 Å². The van der Waals surface area contributed by atoms with Gasteiger partial charge in [0.05, 0.1) is 0 Å². The quantitative estimate of drug-likeness (QED) is 0.542. The van der Waals surface area contributed by atoms with Gasteiger partial charge in [0, 0.05) is 11.9 Å². The Morgan fingerprint density at radius 2 is 2.33 bits per heavy atom. The number of nitrogens with zero attached hydrogens (tertiary/aromatic N) is 1. The van der Waals surface area contributed by atoms with E-state index in [4.69, 9.17) is 0 Å². The summed E-state index contributed by atoms with van der Waals surface area (Å²) in [5, 5.41) is 0. The number of hydrogen-bond donors (Lipinski definition) is 0. The minimum atomic E-state index is -0.133. The molecule has 0 saturated heterocycles. The molecule has 0 aromatic carbocycles. The standard InChI is InChI=1S/C10H9NO/c12-8-10-6-3-5-9-4-1-2-7-11(9)10/h1-8,10H/p+1. The topological polar surface area (TPSA) is 20.3 Å². The van der Waals surface area contributed by atoms with Gasteiger partial charge in [-0.1, -0.05) is 18.2 Å². The predicted molar refractivity (Wildman–Crippen MR) is 48.3 cm³/mol. The first-order valence-electron chi connectivity index (χ1n) is 3.89. The largest absolute Gasteiger partial charge is 1.00 e. The molecule has 2 nitrogen and oxygen atoms in total. The van der Waals surface area contributed by atoms with Gasteiger partial charge >= 0.3 is 1.43 Å². The molecule has 2 aliphatic rings. The molecule has 2 aliphatic heterocycles. The molecule has 2 rings (SSSR count). The van der Waals surface area contributed by atoms with Gasteiger partial charge < -0.3 is 9.69 Å². The van der Waals surface area contributed by atoms with Crippen LogP contribution in [0, 0.1) is 0 Å². The summed E-state index contributed by atoms with van der Waals surface area (Å²) in [6, 6.07) is -0.133. The lowest BCUT2D eigenvalue weighted by Gasteiger charge is -2.29. The molecule has 0 aromatic heterocycles. The molecule has 2 heteroatoms. The summed E-state index contributed by atoms with van der Waals surface area (Å²) < 4.78 is 0. The van der Waals surface area contributed by atoms with Crippen molar-refractivity contribution >= 4 is 6.29 Å². The summed E-state index contributed by atoms with van der Waals surface area (Å²) in [6.07, 6.45) is 14.5. The van der Waals surface area contributed by atoms with Crippen LogP contribution in [0.25, 0.3) is 0 Å². The second-order valence-electron chi connectivity index (χ2n) is 2.71. The Morgan fingerprint density at radius 1 is 1.42 bits per heavy atom. The zero-order valence-corrected chi connectivity index (χ0v) is 6.55. The predicted octanol–water partition coefficient (Wildman–Crippen LogP) is 1.51. The van der Waals surface area contributed by atoms with Crippen LogP contribution in [0.5, 0.6) is 0 Å². The molecule has 0 radical (unpaired) electrons. The van der Waals surface area contributed by atoms with Gasteiger partial charge in [0.2, 0.25) is 0 Å². The molecule has 1 unspecified atom stereocenters. The zero-order chi connectivity index (χ0) is 8.39. The van der Waals surface area contributed by atoms with Gasteiger partial charge in [0.1, 0.15) is 12.3 Å². The molecular formula is C10H10NO+. The molecule has 0 bridgehead atoms. The Kier molecular flexibility index (Phi) is 1.67. The highest BCUT2D eigenvalue weighted by molar-refractivity contribution is 5.64. The minimum absolute atomic E-state index is 0. The van der Waals surface area contributed by atoms with Crippen LogP contribution >= 0.6 is 0 Å². The van der Waals surface area contributed by atoms with Crippen molar-refractivity contribution in [3.05, 3.63) is 48.4 Å². The van der Waals surface area contributed by atoms with E-state index in [9.17, 15) is 4.79 Å². The molecule has 0 N–H and O–H groups in total. The van der Waals surface area contributed by atoms with Crippen LogP contribution in [0.15, 0.2) is 48.4 Å². The first kappa shape index (κ1) is 7.10. The summed E-state index contributed by atoms with van der Waals surface area (Å²) in [6.45, 7) is 0. The molecule has 1 atom stereocenters. The van der Waals surface area contributed by atoms with E-state index in [1.807, 2.05) is 47.6 Å². The molecule has 0 aliphatic carbocycles. The number of rotatable bonds is 1. The van der Waals surface area contributed by atoms with E-state index in [2.05, 4.69) is 0 Å².